The van der Waals surface area contributed by atoms with Gasteiger partial charge in [0.15, 0.2) is 0 Å². The van der Waals surface area contributed by atoms with E-state index < -0.39 is 21.8 Å². The third kappa shape index (κ3) is 4.93. The van der Waals surface area contributed by atoms with E-state index in [0.29, 0.717) is 30.6 Å². The van der Waals surface area contributed by atoms with Gasteiger partial charge in [0.2, 0.25) is 10.0 Å². The van der Waals surface area contributed by atoms with Crippen LogP contribution in [-0.2, 0) is 34.2 Å². The summed E-state index contributed by atoms with van der Waals surface area (Å²) in [6, 6.07) is 7.96. The summed E-state index contributed by atoms with van der Waals surface area (Å²) in [6.45, 7) is 0.354. The molecule has 1 aliphatic rings. The van der Waals surface area contributed by atoms with Crippen molar-refractivity contribution in [3.8, 4) is 0 Å². The van der Waals surface area contributed by atoms with E-state index in [2.05, 4.69) is 4.98 Å². The first-order valence-electron chi connectivity index (χ1n) is 9.17. The van der Waals surface area contributed by atoms with Gasteiger partial charge >= 0.3 is 51.4 Å². The van der Waals surface area contributed by atoms with Crippen molar-refractivity contribution in [1.82, 2.24) is 13.9 Å². The summed E-state index contributed by atoms with van der Waals surface area (Å²) in [7, 11) is -2.29. The Bertz CT molecular complexity index is 1200. The van der Waals surface area contributed by atoms with Crippen LogP contribution in [0.25, 0.3) is 11.0 Å². The summed E-state index contributed by atoms with van der Waals surface area (Å²) in [5, 5.41) is 12.0. The largest absolute Gasteiger partial charge is 1.00 e. The first kappa shape index (κ1) is 26.1. The van der Waals surface area contributed by atoms with Crippen molar-refractivity contribution in [3.05, 3.63) is 59.7 Å². The molecule has 1 aromatic carbocycles. The molecule has 0 saturated heterocycles. The van der Waals surface area contributed by atoms with Crippen molar-refractivity contribution >= 4 is 27.0 Å². The number of sulfonamides is 1. The van der Waals surface area contributed by atoms with Crippen molar-refractivity contribution in [3.63, 3.8) is 0 Å². The number of carbonyl (C=O) groups is 1. The van der Waals surface area contributed by atoms with Gasteiger partial charge in [0, 0.05) is 49.3 Å². The number of nitrogens with zero attached hydrogens (tertiary/aromatic N) is 3. The molecule has 0 spiro atoms. The molecule has 11 heteroatoms. The molecule has 160 valence electrons. The number of hydrogen-bond acceptors (Lipinski definition) is 5. The number of carbonyl (C=O) groups excluding carboxylic acids is 1. The van der Waals surface area contributed by atoms with Crippen LogP contribution in [0.1, 0.15) is 17.7 Å². The Balaban J connectivity index is 0.00000171. The molecule has 0 radical (unpaired) electrons. The molecule has 0 unspecified atom stereocenters. The van der Waals surface area contributed by atoms with E-state index >= 15 is 0 Å². The Labute approximate surface area is 221 Å². The second-order valence-corrected chi connectivity index (χ2v) is 9.12. The van der Waals surface area contributed by atoms with Crippen LogP contribution in [-0.4, -0.2) is 46.8 Å². The van der Waals surface area contributed by atoms with E-state index in [9.17, 15) is 22.7 Å². The Hall–Kier alpha value is -1.18. The zero-order chi connectivity index (χ0) is 20.8. The minimum atomic E-state index is -3.79. The molecule has 0 amide bonds. The minimum absolute atomic E-state index is 0. The van der Waals surface area contributed by atoms with Gasteiger partial charge in [-0.3, -0.25) is 0 Å². The number of carboxylic acids is 1. The molecule has 0 aliphatic carbocycles. The Morgan fingerprint density at radius 2 is 1.97 bits per heavy atom. The second kappa shape index (κ2) is 10.2. The van der Waals surface area contributed by atoms with Gasteiger partial charge in [-0.1, -0.05) is 0 Å². The van der Waals surface area contributed by atoms with Crippen molar-refractivity contribution in [2.24, 2.45) is 0 Å². The van der Waals surface area contributed by atoms with Crippen molar-refractivity contribution in [2.45, 2.75) is 36.7 Å². The van der Waals surface area contributed by atoms with Crippen molar-refractivity contribution in [1.29, 1.82) is 0 Å². The van der Waals surface area contributed by atoms with Gasteiger partial charge in [-0.2, -0.15) is 4.31 Å². The molecule has 2 aromatic heterocycles. The number of aliphatic carboxylic acids is 1. The number of rotatable bonds is 5. The molecular weight excluding hydrogens is 452 g/mol. The third-order valence-electron chi connectivity index (χ3n) is 5.48. The number of halogens is 1. The molecule has 0 saturated carbocycles. The van der Waals surface area contributed by atoms with Gasteiger partial charge in [-0.15, -0.1) is 0 Å². The first-order valence-corrected chi connectivity index (χ1v) is 10.6. The second-order valence-electron chi connectivity index (χ2n) is 7.13. The summed E-state index contributed by atoms with van der Waals surface area (Å²) in [4.78, 5) is 15.6. The molecule has 0 fully saturated rings. The van der Waals surface area contributed by atoms with E-state index in [0.717, 1.165) is 23.2 Å². The monoisotopic (exact) mass is 473 g/mol. The Morgan fingerprint density at radius 3 is 2.61 bits per heavy atom. The quantitative estimate of drug-likeness (QED) is 0.372. The van der Waals surface area contributed by atoms with Gasteiger partial charge in [-0.05, 0) is 54.8 Å². The molecular formula is C20H21FKN3O5S. The predicted octanol–water partition coefficient (Wildman–Crippen LogP) is -2.72. The zero-order valence-electron chi connectivity index (χ0n) is 17.2. The number of benzene rings is 1. The predicted molar refractivity (Wildman–Crippen MR) is 106 cm³/mol. The zero-order valence-corrected chi connectivity index (χ0v) is 21.1. The van der Waals surface area contributed by atoms with Crippen molar-refractivity contribution < 1.29 is 79.6 Å². The van der Waals surface area contributed by atoms with Crippen LogP contribution in [0.5, 0.6) is 0 Å². The van der Waals surface area contributed by atoms with E-state index in [1.54, 1.807) is 12.3 Å². The van der Waals surface area contributed by atoms with E-state index in [4.69, 9.17) is 0 Å². The SMILES string of the molecule is CN([C@@H]1CCc2c(CC(=O)[O-])c3cccnc3n2C1)S(=O)(=O)c1ccc(F)cc1.O.[K+]. The number of fused-ring (bicyclic) bond motifs is 3. The van der Waals surface area contributed by atoms with Gasteiger partial charge in [0.1, 0.15) is 11.5 Å². The normalized spacial score (nSPS) is 15.8. The fourth-order valence-electron chi connectivity index (χ4n) is 3.99. The van der Waals surface area contributed by atoms with Gasteiger partial charge < -0.3 is 19.9 Å². The average Bonchev–Trinajstić information content (AvgIpc) is 3.00. The molecule has 8 nitrogen and oxygen atoms in total. The van der Waals surface area contributed by atoms with Crippen LogP contribution in [0.15, 0.2) is 47.5 Å². The van der Waals surface area contributed by atoms with Gasteiger partial charge in [0.05, 0.1) is 4.90 Å². The fourth-order valence-corrected chi connectivity index (χ4v) is 5.37. The maximum Gasteiger partial charge on any atom is 1.00 e. The topological polar surface area (TPSA) is 127 Å². The molecule has 1 aliphatic heterocycles. The maximum absolute atomic E-state index is 13.2. The first-order chi connectivity index (χ1) is 13.8. The van der Waals surface area contributed by atoms with Crippen LogP contribution in [0.2, 0.25) is 0 Å². The summed E-state index contributed by atoms with van der Waals surface area (Å²) in [5.41, 5.74) is 2.17. The molecule has 0 bridgehead atoms. The smallest absolute Gasteiger partial charge is 0.550 e. The molecule has 3 aromatic rings. The van der Waals surface area contributed by atoms with E-state index in [-0.39, 0.29) is 74.2 Å². The average molecular weight is 474 g/mol. The Kier molecular flexibility index (Phi) is 8.56. The minimum Gasteiger partial charge on any atom is -0.550 e. The summed E-state index contributed by atoms with van der Waals surface area (Å²) in [6.07, 6.45) is 2.47. The summed E-state index contributed by atoms with van der Waals surface area (Å²) < 4.78 is 42.3. The molecule has 4 rings (SSSR count). The van der Waals surface area contributed by atoms with Crippen LogP contribution >= 0.6 is 0 Å². The molecule has 1 atom stereocenters. The number of aromatic nitrogens is 2. The third-order valence-corrected chi connectivity index (χ3v) is 7.40. The standard InChI is InChI=1S/C20H20FN3O4S.K.H2O/c1-23(29(27,28)15-7-4-13(21)5-8-15)14-6-9-18-17(11-19(25)26)16-3-2-10-22-20(16)24(18)12-14;;/h2-5,7-8,10,14H,6,9,11-12H2,1H3,(H,25,26);;1H2/q;+1;/p-1/t14-;;/m1../s1. The van der Waals surface area contributed by atoms with E-state index in [1.165, 1.54) is 23.5 Å². The fraction of sp³-hybridized carbons (Fsp3) is 0.300. The Morgan fingerprint density at radius 1 is 1.29 bits per heavy atom. The summed E-state index contributed by atoms with van der Waals surface area (Å²) >= 11 is 0. The van der Waals surface area contributed by atoms with E-state index in [1.807, 2.05) is 10.6 Å². The van der Waals surface area contributed by atoms with Crippen LogP contribution in [0.3, 0.4) is 0 Å². The van der Waals surface area contributed by atoms with Crippen molar-refractivity contribution in [2.75, 3.05) is 7.05 Å². The van der Waals surface area contributed by atoms with Crippen LogP contribution in [0, 0.1) is 5.82 Å². The molecule has 2 N–H and O–H groups in total. The number of likely N-dealkylation sites (N-methyl/N-ethyl adjacent to an activating group) is 1. The van der Waals surface area contributed by atoms with Crippen LogP contribution < -0.4 is 56.5 Å². The molecule has 31 heavy (non-hydrogen) atoms. The number of hydrogen-bond donors (Lipinski definition) is 0. The molecule has 3 heterocycles. The summed E-state index contributed by atoms with van der Waals surface area (Å²) in [5.74, 6) is -1.67. The number of carboxylic acid groups (broad SMARTS) is 1. The maximum atomic E-state index is 13.2. The van der Waals surface area contributed by atoms with Crippen LogP contribution in [0.4, 0.5) is 4.39 Å². The van der Waals surface area contributed by atoms with Gasteiger partial charge in [0.25, 0.3) is 0 Å². The number of pyridine rings is 1. The van der Waals surface area contributed by atoms with Gasteiger partial charge in [-0.25, -0.2) is 17.8 Å².